The number of amides is 1. The molecule has 6 nitrogen and oxygen atoms in total. The number of pyridine rings is 1. The van der Waals surface area contributed by atoms with Gasteiger partial charge in [-0.2, -0.15) is 0 Å². The number of carbonyl (C=O) groups excluding carboxylic acids is 1. The third-order valence-corrected chi connectivity index (χ3v) is 3.17. The van der Waals surface area contributed by atoms with Crippen LogP contribution in [0.25, 0.3) is 0 Å². The number of aliphatic hydroxyl groups excluding tert-OH is 1. The van der Waals surface area contributed by atoms with Crippen molar-refractivity contribution in [2.24, 2.45) is 5.92 Å². The van der Waals surface area contributed by atoms with Crippen LogP contribution in [0.1, 0.15) is 26.3 Å². The summed E-state index contributed by atoms with van der Waals surface area (Å²) in [6.45, 7) is 9.21. The van der Waals surface area contributed by atoms with Crippen molar-refractivity contribution >= 4 is 17.4 Å². The van der Waals surface area contributed by atoms with Gasteiger partial charge in [0.2, 0.25) is 0 Å². The number of nitrogens with zero attached hydrogens (tertiary/aromatic N) is 2. The molecule has 1 aromatic heterocycles. The van der Waals surface area contributed by atoms with E-state index in [4.69, 9.17) is 0 Å². The van der Waals surface area contributed by atoms with E-state index in [2.05, 4.69) is 29.5 Å². The molecule has 21 heavy (non-hydrogen) atoms. The van der Waals surface area contributed by atoms with Crippen LogP contribution in [0, 0.1) is 12.8 Å². The van der Waals surface area contributed by atoms with Crippen molar-refractivity contribution < 1.29 is 9.90 Å². The van der Waals surface area contributed by atoms with E-state index in [0.717, 1.165) is 11.4 Å². The zero-order chi connectivity index (χ0) is 16.0. The summed E-state index contributed by atoms with van der Waals surface area (Å²) in [5.74, 6) is 0.714. The molecule has 1 unspecified atom stereocenters. The highest BCUT2D eigenvalue weighted by atomic mass is 16.3. The number of hydrogen-bond donors (Lipinski definition) is 3. The van der Waals surface area contributed by atoms with Crippen LogP contribution in [0.3, 0.4) is 0 Å². The summed E-state index contributed by atoms with van der Waals surface area (Å²) in [5, 5.41) is 15.8. The van der Waals surface area contributed by atoms with Crippen molar-refractivity contribution in [3.05, 3.63) is 17.8 Å². The number of anilines is 2. The lowest BCUT2D eigenvalue weighted by Gasteiger charge is -2.27. The van der Waals surface area contributed by atoms with Crippen molar-refractivity contribution in [3.63, 3.8) is 0 Å². The molecule has 0 saturated carbocycles. The van der Waals surface area contributed by atoms with Gasteiger partial charge in [0.25, 0.3) is 5.91 Å². The summed E-state index contributed by atoms with van der Waals surface area (Å²) in [6.07, 6.45) is 0.420. The molecule has 0 aliphatic carbocycles. The fraction of sp³-hybridized carbons (Fsp3) is 0.600. The second-order valence-electron chi connectivity index (χ2n) is 5.48. The Kier molecular flexibility index (Phi) is 6.58. The predicted octanol–water partition coefficient (Wildman–Crippen LogP) is 1.67. The van der Waals surface area contributed by atoms with Gasteiger partial charge in [0.15, 0.2) is 6.23 Å². The Hall–Kier alpha value is -1.66. The van der Waals surface area contributed by atoms with Gasteiger partial charge in [-0.05, 0) is 31.0 Å². The highest BCUT2D eigenvalue weighted by Gasteiger charge is 2.22. The first-order chi connectivity index (χ1) is 9.88. The standard InChI is InChI=1S/C15H26N4O2/c1-6-19(9-10(2)3)15(21)14(20)18-12-7-11(4)13(16-5)17-8-12/h7-8,10,15,21H,6,9H2,1-5H3,(H,16,17)(H,18,20). The number of aliphatic hydroxyl groups is 1. The molecule has 6 heteroatoms. The minimum Gasteiger partial charge on any atom is -0.373 e. The van der Waals surface area contributed by atoms with Gasteiger partial charge in [0, 0.05) is 13.6 Å². The summed E-state index contributed by atoms with van der Waals surface area (Å²) < 4.78 is 0. The van der Waals surface area contributed by atoms with E-state index in [1.807, 2.05) is 19.9 Å². The number of hydrogen-bond acceptors (Lipinski definition) is 5. The van der Waals surface area contributed by atoms with Crippen LogP contribution in [-0.2, 0) is 4.79 Å². The van der Waals surface area contributed by atoms with Gasteiger partial charge in [-0.25, -0.2) is 4.98 Å². The summed E-state index contributed by atoms with van der Waals surface area (Å²) in [4.78, 5) is 18.1. The van der Waals surface area contributed by atoms with Crippen LogP contribution in [0.5, 0.6) is 0 Å². The number of aromatic nitrogens is 1. The smallest absolute Gasteiger partial charge is 0.268 e. The monoisotopic (exact) mass is 294 g/mol. The number of rotatable bonds is 7. The molecule has 118 valence electrons. The molecule has 3 N–H and O–H groups in total. The first kappa shape index (κ1) is 17.4. The second kappa shape index (κ2) is 7.95. The molecule has 0 bridgehead atoms. The molecule has 0 radical (unpaired) electrons. The largest absolute Gasteiger partial charge is 0.373 e. The molecule has 0 aromatic carbocycles. The summed E-state index contributed by atoms with van der Waals surface area (Å²) in [5.41, 5.74) is 1.51. The SMILES string of the molecule is CCN(CC(C)C)C(O)C(=O)Nc1cnc(NC)c(C)c1. The Morgan fingerprint density at radius 2 is 2.14 bits per heavy atom. The average molecular weight is 294 g/mol. The molecule has 0 fully saturated rings. The molecular weight excluding hydrogens is 268 g/mol. The zero-order valence-electron chi connectivity index (χ0n) is 13.5. The molecule has 1 amide bonds. The maximum Gasteiger partial charge on any atom is 0.268 e. The fourth-order valence-electron chi connectivity index (χ4n) is 2.15. The van der Waals surface area contributed by atoms with Gasteiger partial charge in [-0.1, -0.05) is 20.8 Å². The van der Waals surface area contributed by atoms with Gasteiger partial charge in [-0.15, -0.1) is 0 Å². The number of likely N-dealkylation sites (N-methyl/N-ethyl adjacent to an activating group) is 1. The molecule has 0 saturated heterocycles. The topological polar surface area (TPSA) is 77.5 Å². The van der Waals surface area contributed by atoms with Gasteiger partial charge >= 0.3 is 0 Å². The van der Waals surface area contributed by atoms with Crippen LogP contribution in [0.4, 0.5) is 11.5 Å². The third kappa shape index (κ3) is 4.99. The molecule has 1 atom stereocenters. The summed E-state index contributed by atoms with van der Waals surface area (Å²) in [7, 11) is 1.79. The van der Waals surface area contributed by atoms with Crippen LogP contribution in [0.15, 0.2) is 12.3 Å². The molecule has 1 aromatic rings. The van der Waals surface area contributed by atoms with Crippen molar-refractivity contribution in [2.75, 3.05) is 30.8 Å². The quantitative estimate of drug-likeness (QED) is 0.667. The Bertz CT molecular complexity index is 477. The average Bonchev–Trinajstić information content (AvgIpc) is 2.44. The van der Waals surface area contributed by atoms with Gasteiger partial charge < -0.3 is 15.7 Å². The fourth-order valence-corrected chi connectivity index (χ4v) is 2.15. The van der Waals surface area contributed by atoms with E-state index < -0.39 is 12.1 Å². The normalized spacial score (nSPS) is 12.6. The Morgan fingerprint density at radius 3 is 2.62 bits per heavy atom. The third-order valence-electron chi connectivity index (χ3n) is 3.17. The van der Waals surface area contributed by atoms with E-state index in [9.17, 15) is 9.90 Å². The van der Waals surface area contributed by atoms with Crippen molar-refractivity contribution in [1.29, 1.82) is 0 Å². The summed E-state index contributed by atoms with van der Waals surface area (Å²) in [6, 6.07) is 1.82. The minimum atomic E-state index is -1.15. The van der Waals surface area contributed by atoms with E-state index in [1.165, 1.54) is 0 Å². The first-order valence-electron chi connectivity index (χ1n) is 7.26. The second-order valence-corrected chi connectivity index (χ2v) is 5.48. The maximum absolute atomic E-state index is 12.1. The lowest BCUT2D eigenvalue weighted by molar-refractivity contribution is -0.134. The van der Waals surface area contributed by atoms with E-state index >= 15 is 0 Å². The van der Waals surface area contributed by atoms with Crippen molar-refractivity contribution in [3.8, 4) is 0 Å². The molecule has 1 rings (SSSR count). The lowest BCUT2D eigenvalue weighted by atomic mass is 10.2. The molecule has 0 aliphatic heterocycles. The molecule has 0 aliphatic rings. The van der Waals surface area contributed by atoms with Crippen LogP contribution < -0.4 is 10.6 Å². The van der Waals surface area contributed by atoms with Crippen molar-refractivity contribution in [1.82, 2.24) is 9.88 Å². The van der Waals surface area contributed by atoms with Gasteiger partial charge in [0.05, 0.1) is 11.9 Å². The van der Waals surface area contributed by atoms with E-state index in [-0.39, 0.29) is 0 Å². The van der Waals surface area contributed by atoms with Gasteiger partial charge in [-0.3, -0.25) is 9.69 Å². The number of nitrogens with one attached hydrogen (secondary N) is 2. The first-order valence-corrected chi connectivity index (χ1v) is 7.26. The number of carbonyl (C=O) groups is 1. The highest BCUT2D eigenvalue weighted by Crippen LogP contribution is 2.16. The molecular formula is C15H26N4O2. The van der Waals surface area contributed by atoms with E-state index in [1.54, 1.807) is 18.1 Å². The Balaban J connectivity index is 2.73. The summed E-state index contributed by atoms with van der Waals surface area (Å²) >= 11 is 0. The molecule has 0 spiro atoms. The van der Waals surface area contributed by atoms with Crippen LogP contribution in [0.2, 0.25) is 0 Å². The van der Waals surface area contributed by atoms with Gasteiger partial charge in [0.1, 0.15) is 5.82 Å². The van der Waals surface area contributed by atoms with Crippen molar-refractivity contribution in [2.45, 2.75) is 33.9 Å². The Morgan fingerprint density at radius 1 is 1.48 bits per heavy atom. The molecule has 1 heterocycles. The van der Waals surface area contributed by atoms with E-state index in [0.29, 0.717) is 24.7 Å². The van der Waals surface area contributed by atoms with Crippen LogP contribution in [-0.4, -0.2) is 47.3 Å². The predicted molar refractivity (Wildman–Crippen MR) is 85.2 cm³/mol. The van der Waals surface area contributed by atoms with Crippen LogP contribution >= 0.6 is 0 Å². The lowest BCUT2D eigenvalue weighted by Crippen LogP contribution is -2.45. The number of aryl methyl sites for hydroxylation is 1. The minimum absolute atomic E-state index is 0.381. The Labute approximate surface area is 126 Å². The highest BCUT2D eigenvalue weighted by molar-refractivity contribution is 5.93. The maximum atomic E-state index is 12.1. The zero-order valence-corrected chi connectivity index (χ0v) is 13.5.